The average Bonchev–Trinajstić information content (AvgIpc) is 3.14. The molecule has 4 aliphatic carbocycles. The zero-order chi connectivity index (χ0) is 21.1. The Morgan fingerprint density at radius 1 is 1.21 bits per heavy atom. The number of hydrogen-bond donors (Lipinski definition) is 3. The summed E-state index contributed by atoms with van der Waals surface area (Å²) in [5.74, 6) is -0.238. The summed E-state index contributed by atoms with van der Waals surface area (Å²) in [5, 5.41) is 13.1. The van der Waals surface area contributed by atoms with Gasteiger partial charge in [-0.25, -0.2) is 4.79 Å². The summed E-state index contributed by atoms with van der Waals surface area (Å²) in [7, 11) is 0. The molecule has 9 nitrogen and oxygen atoms in total. The first-order valence-electron chi connectivity index (χ1n) is 10.3. The van der Waals surface area contributed by atoms with Crippen LogP contribution in [0.3, 0.4) is 0 Å². The van der Waals surface area contributed by atoms with Crippen LogP contribution in [0.15, 0.2) is 9.59 Å². The fourth-order valence-electron chi connectivity index (χ4n) is 5.95. The number of nitrogens with one attached hydrogen (secondary N) is 1. The molecule has 4 bridgehead atoms. The van der Waals surface area contributed by atoms with Crippen molar-refractivity contribution in [3.05, 3.63) is 20.8 Å². The number of aliphatic hydroxyl groups is 1. The van der Waals surface area contributed by atoms with Crippen molar-refractivity contribution in [2.45, 2.75) is 65.1 Å². The van der Waals surface area contributed by atoms with E-state index < -0.39 is 16.7 Å². The molecule has 1 aromatic rings. The molecule has 4 fully saturated rings. The fraction of sp³-hybridized carbons (Fsp3) is 0.700. The van der Waals surface area contributed by atoms with Gasteiger partial charge in [-0.3, -0.25) is 23.5 Å². The minimum absolute atomic E-state index is 0.0795. The Balaban J connectivity index is 1.73. The molecule has 1 aromatic heterocycles. The van der Waals surface area contributed by atoms with E-state index in [2.05, 4.69) is 5.32 Å². The van der Waals surface area contributed by atoms with Crippen LogP contribution < -0.4 is 22.3 Å². The lowest BCUT2D eigenvalue weighted by Crippen LogP contribution is -2.46. The Morgan fingerprint density at radius 3 is 2.38 bits per heavy atom. The van der Waals surface area contributed by atoms with Gasteiger partial charge in [0.25, 0.3) is 5.56 Å². The van der Waals surface area contributed by atoms with E-state index in [1.54, 1.807) is 0 Å². The zero-order valence-corrected chi connectivity index (χ0v) is 16.8. The molecule has 0 spiro atoms. The third kappa shape index (κ3) is 2.86. The minimum Gasteiger partial charge on any atom is -0.393 e. The van der Waals surface area contributed by atoms with Gasteiger partial charge >= 0.3 is 5.69 Å². The molecule has 1 heterocycles. The molecule has 29 heavy (non-hydrogen) atoms. The van der Waals surface area contributed by atoms with E-state index in [0.29, 0.717) is 19.3 Å². The summed E-state index contributed by atoms with van der Waals surface area (Å²) in [6, 6.07) is 0. The Hall–Kier alpha value is -2.42. The molecule has 5 rings (SSSR count). The van der Waals surface area contributed by atoms with Crippen LogP contribution in [0.5, 0.6) is 0 Å². The molecule has 4 N–H and O–H groups in total. The lowest BCUT2D eigenvalue weighted by molar-refractivity contribution is -0.128. The van der Waals surface area contributed by atoms with Gasteiger partial charge in [0.15, 0.2) is 0 Å². The quantitative estimate of drug-likeness (QED) is 0.625. The molecule has 158 valence electrons. The van der Waals surface area contributed by atoms with Gasteiger partial charge in [-0.2, -0.15) is 0 Å². The summed E-state index contributed by atoms with van der Waals surface area (Å²) in [4.78, 5) is 50.5. The first kappa shape index (κ1) is 19.9. The van der Waals surface area contributed by atoms with Crippen molar-refractivity contribution in [2.75, 3.05) is 11.1 Å². The number of nitrogen functional groups attached to an aromatic ring is 1. The molecule has 4 saturated carbocycles. The second-order valence-electron chi connectivity index (χ2n) is 8.99. The highest BCUT2D eigenvalue weighted by atomic mass is 16.3. The van der Waals surface area contributed by atoms with Crippen LogP contribution in [0.4, 0.5) is 11.5 Å². The van der Waals surface area contributed by atoms with Gasteiger partial charge in [-0.15, -0.1) is 0 Å². The summed E-state index contributed by atoms with van der Waals surface area (Å²) in [6.07, 6.45) is 3.12. The topological polar surface area (TPSA) is 136 Å². The third-order valence-corrected chi connectivity index (χ3v) is 7.16. The molecule has 1 amide bonds. The van der Waals surface area contributed by atoms with E-state index >= 15 is 0 Å². The van der Waals surface area contributed by atoms with E-state index in [1.165, 1.54) is 11.5 Å². The Bertz CT molecular complexity index is 978. The highest BCUT2D eigenvalue weighted by Gasteiger charge is 2.64. The van der Waals surface area contributed by atoms with Gasteiger partial charge in [0, 0.05) is 6.54 Å². The molecule has 0 saturated heterocycles. The van der Waals surface area contributed by atoms with Gasteiger partial charge in [0.1, 0.15) is 17.3 Å². The molecular weight excluding hydrogens is 376 g/mol. The van der Waals surface area contributed by atoms with E-state index in [4.69, 9.17) is 5.73 Å². The van der Waals surface area contributed by atoms with Crippen molar-refractivity contribution in [1.82, 2.24) is 9.13 Å². The molecule has 4 aliphatic rings. The average molecular weight is 404 g/mol. The Labute approximate surface area is 167 Å². The van der Waals surface area contributed by atoms with Gasteiger partial charge in [-0.05, 0) is 56.8 Å². The molecular formula is C20H28N4O5. The zero-order valence-electron chi connectivity index (χ0n) is 16.8. The van der Waals surface area contributed by atoms with Crippen LogP contribution in [0.2, 0.25) is 0 Å². The van der Waals surface area contributed by atoms with Crippen molar-refractivity contribution in [3.8, 4) is 0 Å². The normalized spacial score (nSPS) is 32.0. The van der Waals surface area contributed by atoms with Gasteiger partial charge < -0.3 is 16.2 Å². The summed E-state index contributed by atoms with van der Waals surface area (Å²) < 4.78 is 2.07. The maximum atomic E-state index is 13.3. The smallest absolute Gasteiger partial charge is 0.333 e. The molecule has 2 unspecified atom stereocenters. The van der Waals surface area contributed by atoms with Crippen molar-refractivity contribution < 1.29 is 14.7 Å². The monoisotopic (exact) mass is 404 g/mol. The van der Waals surface area contributed by atoms with Crippen LogP contribution in [0.25, 0.3) is 0 Å². The number of Topliss-reactive ketones (excluding diaryl/α,β-unsaturated/α-hetero) is 1. The van der Waals surface area contributed by atoms with E-state index in [1.807, 2.05) is 6.92 Å². The molecule has 5 atom stereocenters. The predicted octanol–water partition coefficient (Wildman–Crippen LogP) is 0.327. The van der Waals surface area contributed by atoms with Crippen LogP contribution >= 0.6 is 0 Å². The molecule has 0 aromatic carbocycles. The number of aliphatic hydroxyl groups excluding tert-OH is 1. The Kier molecular flexibility index (Phi) is 4.68. The number of ketones is 1. The van der Waals surface area contributed by atoms with E-state index in [9.17, 15) is 24.3 Å². The number of carbonyl (C=O) groups is 2. The lowest BCUT2D eigenvalue weighted by atomic mass is 9.73. The summed E-state index contributed by atoms with van der Waals surface area (Å²) >= 11 is 0. The second-order valence-corrected chi connectivity index (χ2v) is 8.99. The summed E-state index contributed by atoms with van der Waals surface area (Å²) in [6.45, 7) is 3.07. The maximum absolute atomic E-state index is 13.3. The number of rotatable bonds is 6. The first-order valence-corrected chi connectivity index (χ1v) is 10.3. The lowest BCUT2D eigenvalue weighted by Gasteiger charge is -2.35. The van der Waals surface area contributed by atoms with Gasteiger partial charge in [-0.1, -0.05) is 6.92 Å². The highest BCUT2D eigenvalue weighted by molar-refractivity contribution is 5.98. The number of aromatic nitrogens is 2. The minimum atomic E-state index is -0.752. The van der Waals surface area contributed by atoms with Gasteiger partial charge in [0.05, 0.1) is 18.1 Å². The molecule has 0 radical (unpaired) electrons. The maximum Gasteiger partial charge on any atom is 0.333 e. The molecule has 9 heteroatoms. The number of anilines is 2. The van der Waals surface area contributed by atoms with Crippen molar-refractivity contribution >= 4 is 23.2 Å². The SMILES string of the molecule is CCCn1c(N)c(NC(=O)C23CC4C[C@H]2C[C@H](C3)[C@H]4O)c(=O)n(CC(C)=O)c1=O. The summed E-state index contributed by atoms with van der Waals surface area (Å²) in [5.41, 5.74) is 3.99. The van der Waals surface area contributed by atoms with E-state index in [0.717, 1.165) is 17.4 Å². The number of carbonyl (C=O) groups excluding carboxylic acids is 2. The molecule has 0 aliphatic heterocycles. The van der Waals surface area contributed by atoms with Crippen LogP contribution in [0.1, 0.15) is 46.0 Å². The van der Waals surface area contributed by atoms with Crippen molar-refractivity contribution in [3.63, 3.8) is 0 Å². The highest BCUT2D eigenvalue weighted by Crippen LogP contribution is 2.65. The largest absolute Gasteiger partial charge is 0.393 e. The second kappa shape index (κ2) is 6.83. The number of nitrogens with zero attached hydrogens (tertiary/aromatic N) is 2. The third-order valence-electron chi connectivity index (χ3n) is 7.16. The van der Waals surface area contributed by atoms with Crippen molar-refractivity contribution in [1.29, 1.82) is 0 Å². The first-order chi connectivity index (χ1) is 13.7. The predicted molar refractivity (Wildman–Crippen MR) is 106 cm³/mol. The van der Waals surface area contributed by atoms with Gasteiger partial charge in [0.2, 0.25) is 5.91 Å². The number of amides is 1. The number of nitrogens with two attached hydrogens (primary N) is 1. The van der Waals surface area contributed by atoms with E-state index in [-0.39, 0.29) is 60.1 Å². The standard InChI is InChI=1S/C20H28N4O5/c1-3-4-23-16(21)14(17(27)24(19(23)29)9-10(2)25)22-18(28)20-7-11-5-13(20)6-12(8-20)15(11)26/h11-13,15,26H,3-9,21H2,1-2H3,(H,22,28)/t11-,12?,13-,15-,20?/m1/s1. The Morgan fingerprint density at radius 2 is 1.83 bits per heavy atom. The van der Waals surface area contributed by atoms with Crippen molar-refractivity contribution in [2.24, 2.45) is 23.2 Å². The fourth-order valence-corrected chi connectivity index (χ4v) is 5.95. The van der Waals surface area contributed by atoms with Crippen LogP contribution in [-0.4, -0.2) is 32.0 Å². The number of hydrogen-bond acceptors (Lipinski definition) is 6. The van der Waals surface area contributed by atoms with Crippen LogP contribution in [0, 0.1) is 23.2 Å². The van der Waals surface area contributed by atoms with Crippen LogP contribution in [-0.2, 0) is 22.7 Å².